The summed E-state index contributed by atoms with van der Waals surface area (Å²) in [6.45, 7) is 9.02. The van der Waals surface area contributed by atoms with Crippen molar-refractivity contribution in [3.8, 4) is 0 Å². The van der Waals surface area contributed by atoms with Gasteiger partial charge in [0, 0.05) is 9.84 Å². The molecule has 0 aromatic carbocycles. The first-order chi connectivity index (χ1) is 6.37. The molecule has 1 N–H and O–H groups in total. The molecule has 1 aliphatic rings. The highest BCUT2D eigenvalue weighted by Gasteiger charge is 2.59. The first-order valence-electron chi connectivity index (χ1n) is 5.69. The Morgan fingerprint density at radius 2 is 1.79 bits per heavy atom. The van der Waals surface area contributed by atoms with Crippen molar-refractivity contribution in [3.05, 3.63) is 0 Å². The summed E-state index contributed by atoms with van der Waals surface area (Å²) in [5.74, 6) is 1.31. The van der Waals surface area contributed by atoms with E-state index in [4.69, 9.17) is 0 Å². The van der Waals surface area contributed by atoms with E-state index in [9.17, 15) is 5.11 Å². The van der Waals surface area contributed by atoms with Gasteiger partial charge in [-0.25, -0.2) is 0 Å². The lowest BCUT2D eigenvalue weighted by atomic mass is 9.99. The molecule has 0 heterocycles. The Morgan fingerprint density at radius 1 is 1.29 bits per heavy atom. The van der Waals surface area contributed by atoms with Crippen LogP contribution in [-0.2, 0) is 0 Å². The number of aliphatic hydroxyl groups excluding tert-OH is 1. The fourth-order valence-corrected chi connectivity index (χ4v) is 3.83. The van der Waals surface area contributed by atoms with Crippen LogP contribution in [0.5, 0.6) is 0 Å². The number of hydrogen-bond acceptors (Lipinski definition) is 1. The maximum atomic E-state index is 10.0. The third kappa shape index (κ3) is 2.84. The summed E-state index contributed by atoms with van der Waals surface area (Å²) in [6, 6.07) is 0. The second-order valence-electron chi connectivity index (χ2n) is 5.64. The molecule has 2 heteroatoms. The molecule has 0 bridgehead atoms. The van der Waals surface area contributed by atoms with Crippen LogP contribution < -0.4 is 0 Å². The molecule has 1 saturated carbocycles. The molecule has 1 nitrogen and oxygen atoms in total. The molecule has 0 spiro atoms. The van der Waals surface area contributed by atoms with Crippen LogP contribution in [0.1, 0.15) is 47.0 Å². The summed E-state index contributed by atoms with van der Waals surface area (Å²) in [6.07, 6.45) is 3.35. The lowest BCUT2D eigenvalue weighted by Crippen LogP contribution is -2.13. The van der Waals surface area contributed by atoms with Crippen LogP contribution >= 0.6 is 22.6 Å². The SMILES string of the molecule is CC(C)CCCC(O)C1C(I)C1(C)C. The summed E-state index contributed by atoms with van der Waals surface area (Å²) >= 11 is 2.48. The Labute approximate surface area is 102 Å². The Morgan fingerprint density at radius 3 is 2.14 bits per heavy atom. The molecule has 0 amide bonds. The van der Waals surface area contributed by atoms with E-state index in [-0.39, 0.29) is 6.10 Å². The molecule has 1 rings (SSSR count). The minimum absolute atomic E-state index is 0.0642. The van der Waals surface area contributed by atoms with Crippen LogP contribution in [0.4, 0.5) is 0 Å². The van der Waals surface area contributed by atoms with Crippen LogP contribution in [0.2, 0.25) is 0 Å². The number of aliphatic hydroxyl groups is 1. The van der Waals surface area contributed by atoms with Crippen LogP contribution in [0, 0.1) is 17.3 Å². The minimum atomic E-state index is -0.0642. The first kappa shape index (κ1) is 12.8. The standard InChI is InChI=1S/C12H23IO/c1-8(2)6-5-7-9(14)10-11(13)12(10,3)4/h8-11,14H,5-7H2,1-4H3. The summed E-state index contributed by atoms with van der Waals surface area (Å²) in [5.41, 5.74) is 0.373. The molecule has 84 valence electrons. The summed E-state index contributed by atoms with van der Waals surface area (Å²) in [5, 5.41) is 10.0. The normalized spacial score (nSPS) is 31.9. The average Bonchev–Trinajstić information content (AvgIpc) is 2.50. The van der Waals surface area contributed by atoms with E-state index in [0.29, 0.717) is 15.3 Å². The lowest BCUT2D eigenvalue weighted by molar-refractivity contribution is 0.123. The molecule has 14 heavy (non-hydrogen) atoms. The van der Waals surface area contributed by atoms with Crippen molar-refractivity contribution in [1.29, 1.82) is 0 Å². The van der Waals surface area contributed by atoms with Crippen molar-refractivity contribution in [2.45, 2.75) is 57.0 Å². The van der Waals surface area contributed by atoms with Crippen molar-refractivity contribution < 1.29 is 5.11 Å². The van der Waals surface area contributed by atoms with E-state index in [2.05, 4.69) is 50.3 Å². The van der Waals surface area contributed by atoms with Gasteiger partial charge in [0.15, 0.2) is 0 Å². The molecule has 0 aromatic rings. The number of hydrogen-bond donors (Lipinski definition) is 1. The predicted molar refractivity (Wildman–Crippen MR) is 69.8 cm³/mol. The Bertz CT molecular complexity index is 189. The van der Waals surface area contributed by atoms with Crippen LogP contribution in [0.15, 0.2) is 0 Å². The third-order valence-electron chi connectivity index (χ3n) is 3.47. The van der Waals surface area contributed by atoms with E-state index in [1.807, 2.05) is 0 Å². The molecule has 0 saturated heterocycles. The largest absolute Gasteiger partial charge is 0.393 e. The van der Waals surface area contributed by atoms with Gasteiger partial charge in [-0.1, -0.05) is 63.1 Å². The maximum absolute atomic E-state index is 10.0. The van der Waals surface area contributed by atoms with Gasteiger partial charge >= 0.3 is 0 Å². The van der Waals surface area contributed by atoms with Crippen molar-refractivity contribution in [1.82, 2.24) is 0 Å². The van der Waals surface area contributed by atoms with Gasteiger partial charge in [-0.3, -0.25) is 0 Å². The van der Waals surface area contributed by atoms with E-state index >= 15 is 0 Å². The molecule has 1 fully saturated rings. The fraction of sp³-hybridized carbons (Fsp3) is 1.00. The van der Waals surface area contributed by atoms with Crippen molar-refractivity contribution in [2.75, 3.05) is 0 Å². The highest BCUT2D eigenvalue weighted by molar-refractivity contribution is 14.1. The zero-order valence-corrected chi connectivity index (χ0v) is 11.9. The third-order valence-corrected chi connectivity index (χ3v) is 5.85. The van der Waals surface area contributed by atoms with Gasteiger partial charge < -0.3 is 5.11 Å². The molecule has 3 atom stereocenters. The van der Waals surface area contributed by atoms with E-state index in [0.717, 1.165) is 12.3 Å². The first-order valence-corrected chi connectivity index (χ1v) is 6.94. The monoisotopic (exact) mass is 310 g/mol. The quantitative estimate of drug-likeness (QED) is 0.607. The zero-order valence-electron chi connectivity index (χ0n) is 9.76. The molecule has 0 aromatic heterocycles. The fourth-order valence-electron chi connectivity index (χ4n) is 2.22. The van der Waals surface area contributed by atoms with E-state index in [1.54, 1.807) is 0 Å². The smallest absolute Gasteiger partial charge is 0.0584 e. The van der Waals surface area contributed by atoms with Gasteiger partial charge in [0.1, 0.15) is 0 Å². The maximum Gasteiger partial charge on any atom is 0.0584 e. The van der Waals surface area contributed by atoms with E-state index < -0.39 is 0 Å². The number of alkyl halides is 1. The molecule has 0 radical (unpaired) electrons. The second-order valence-corrected chi connectivity index (χ2v) is 6.98. The van der Waals surface area contributed by atoms with Gasteiger partial charge in [-0.05, 0) is 17.8 Å². The predicted octanol–water partition coefficient (Wildman–Crippen LogP) is 3.63. The van der Waals surface area contributed by atoms with Crippen molar-refractivity contribution in [3.63, 3.8) is 0 Å². The van der Waals surface area contributed by atoms with E-state index in [1.165, 1.54) is 12.8 Å². The molecular formula is C12H23IO. The molecular weight excluding hydrogens is 287 g/mol. The van der Waals surface area contributed by atoms with Crippen molar-refractivity contribution in [2.24, 2.45) is 17.3 Å². The van der Waals surface area contributed by atoms with Crippen molar-refractivity contribution >= 4 is 22.6 Å². The average molecular weight is 310 g/mol. The Kier molecular flexibility index (Phi) is 4.27. The minimum Gasteiger partial charge on any atom is -0.393 e. The molecule has 3 unspecified atom stereocenters. The summed E-state index contributed by atoms with van der Waals surface area (Å²) in [7, 11) is 0. The highest BCUT2D eigenvalue weighted by Crippen LogP contribution is 2.59. The van der Waals surface area contributed by atoms with Crippen LogP contribution in [0.25, 0.3) is 0 Å². The topological polar surface area (TPSA) is 20.2 Å². The van der Waals surface area contributed by atoms with Gasteiger partial charge in [0.2, 0.25) is 0 Å². The van der Waals surface area contributed by atoms with Gasteiger partial charge in [-0.2, -0.15) is 0 Å². The lowest BCUT2D eigenvalue weighted by Gasteiger charge is -2.12. The summed E-state index contributed by atoms with van der Waals surface area (Å²) < 4.78 is 0.675. The number of halogens is 1. The van der Waals surface area contributed by atoms with Gasteiger partial charge in [0.05, 0.1) is 6.10 Å². The highest BCUT2D eigenvalue weighted by atomic mass is 127. The van der Waals surface area contributed by atoms with Crippen LogP contribution in [0.3, 0.4) is 0 Å². The zero-order chi connectivity index (χ0) is 10.9. The second kappa shape index (κ2) is 4.69. The van der Waals surface area contributed by atoms with Gasteiger partial charge in [-0.15, -0.1) is 0 Å². The molecule has 0 aliphatic heterocycles. The van der Waals surface area contributed by atoms with Gasteiger partial charge in [0.25, 0.3) is 0 Å². The Hall–Kier alpha value is 0.690. The molecule has 1 aliphatic carbocycles. The van der Waals surface area contributed by atoms with Crippen LogP contribution in [-0.4, -0.2) is 15.1 Å². The number of rotatable bonds is 5. The summed E-state index contributed by atoms with van der Waals surface area (Å²) in [4.78, 5) is 0. The Balaban J connectivity index is 2.21.